The van der Waals surface area contributed by atoms with Gasteiger partial charge in [0.2, 0.25) is 0 Å². The van der Waals surface area contributed by atoms with E-state index in [4.69, 9.17) is 4.74 Å². The van der Waals surface area contributed by atoms with Crippen LogP contribution < -0.4 is 0 Å². The van der Waals surface area contributed by atoms with Crippen LogP contribution >= 0.6 is 0 Å². The first-order valence-electron chi connectivity index (χ1n) is 7.02. The lowest BCUT2D eigenvalue weighted by molar-refractivity contribution is 0.0493. The molecular weight excluding hydrogens is 246 g/mol. The molecule has 1 atom stereocenters. The summed E-state index contributed by atoms with van der Waals surface area (Å²) >= 11 is 0. The molecule has 20 heavy (non-hydrogen) atoms. The number of hydrogen-bond acceptors (Lipinski definition) is 2. The minimum absolute atomic E-state index is 0.0357. The van der Waals surface area contributed by atoms with Gasteiger partial charge in [0.05, 0.1) is 0 Å². The van der Waals surface area contributed by atoms with Gasteiger partial charge in [-0.25, -0.2) is 0 Å². The first-order valence-corrected chi connectivity index (χ1v) is 7.02. The van der Waals surface area contributed by atoms with E-state index in [1.54, 1.807) is 0 Å². The lowest BCUT2D eigenvalue weighted by Crippen LogP contribution is -2.27. The molecule has 0 aromatic heterocycles. The summed E-state index contributed by atoms with van der Waals surface area (Å²) in [6, 6.07) is 21.0. The first kappa shape index (κ1) is 12.8. The summed E-state index contributed by atoms with van der Waals surface area (Å²) in [7, 11) is 0. The van der Waals surface area contributed by atoms with Gasteiger partial charge >= 0.3 is 0 Å². The molecule has 0 saturated heterocycles. The molecule has 0 radical (unpaired) electrons. The third-order valence-electron chi connectivity index (χ3n) is 3.52. The molecule has 0 N–H and O–H groups in total. The van der Waals surface area contributed by atoms with Crippen molar-refractivity contribution in [1.82, 2.24) is 4.90 Å². The Kier molecular flexibility index (Phi) is 3.46. The van der Waals surface area contributed by atoms with Crippen molar-refractivity contribution >= 4 is 5.76 Å². The Morgan fingerprint density at radius 2 is 1.50 bits per heavy atom. The van der Waals surface area contributed by atoms with Gasteiger partial charge in [-0.3, -0.25) is 0 Å². The van der Waals surface area contributed by atoms with E-state index in [2.05, 4.69) is 61.3 Å². The van der Waals surface area contributed by atoms with Crippen LogP contribution in [0.4, 0.5) is 0 Å². The predicted octanol–water partition coefficient (Wildman–Crippen LogP) is 4.42. The highest BCUT2D eigenvalue weighted by Gasteiger charge is 2.29. The van der Waals surface area contributed by atoms with Gasteiger partial charge in [-0.15, -0.1) is 0 Å². The van der Waals surface area contributed by atoms with Gasteiger partial charge in [-0.1, -0.05) is 60.7 Å². The summed E-state index contributed by atoms with van der Waals surface area (Å²) in [5, 5.41) is 0. The van der Waals surface area contributed by atoms with Crippen molar-refractivity contribution in [1.29, 1.82) is 0 Å². The van der Waals surface area contributed by atoms with Crippen molar-refractivity contribution in [3.8, 4) is 0 Å². The van der Waals surface area contributed by atoms with E-state index in [1.165, 1.54) is 5.56 Å². The largest absolute Gasteiger partial charge is 0.464 e. The maximum absolute atomic E-state index is 6.19. The van der Waals surface area contributed by atoms with Crippen LogP contribution in [0.25, 0.3) is 5.76 Å². The SMILES string of the molecule is CC(C)N1C=C(c2ccccc2)OC1c1ccccc1. The number of nitrogens with zero attached hydrogens (tertiary/aromatic N) is 1. The van der Waals surface area contributed by atoms with Crippen LogP contribution in [-0.4, -0.2) is 10.9 Å². The van der Waals surface area contributed by atoms with Crippen LogP contribution in [0.1, 0.15) is 31.2 Å². The minimum atomic E-state index is -0.0357. The molecule has 1 aliphatic heterocycles. The van der Waals surface area contributed by atoms with E-state index < -0.39 is 0 Å². The molecule has 3 rings (SSSR count). The third-order valence-corrected chi connectivity index (χ3v) is 3.52. The van der Waals surface area contributed by atoms with Crippen molar-refractivity contribution < 1.29 is 4.74 Å². The van der Waals surface area contributed by atoms with E-state index in [9.17, 15) is 0 Å². The zero-order chi connectivity index (χ0) is 13.9. The molecule has 0 spiro atoms. The number of hydrogen-bond donors (Lipinski definition) is 0. The van der Waals surface area contributed by atoms with E-state index in [0.717, 1.165) is 11.3 Å². The Morgan fingerprint density at radius 3 is 2.10 bits per heavy atom. The van der Waals surface area contributed by atoms with Crippen LogP contribution in [-0.2, 0) is 4.74 Å². The van der Waals surface area contributed by atoms with Crippen molar-refractivity contribution in [2.75, 3.05) is 0 Å². The summed E-state index contributed by atoms with van der Waals surface area (Å²) in [5.41, 5.74) is 2.31. The average molecular weight is 265 g/mol. The Bertz CT molecular complexity index is 589. The summed E-state index contributed by atoms with van der Waals surface area (Å²) in [4.78, 5) is 2.26. The molecule has 0 amide bonds. The van der Waals surface area contributed by atoms with Crippen molar-refractivity contribution in [3.63, 3.8) is 0 Å². The second-order valence-electron chi connectivity index (χ2n) is 5.28. The lowest BCUT2D eigenvalue weighted by Gasteiger charge is -2.28. The van der Waals surface area contributed by atoms with Crippen LogP contribution in [0.15, 0.2) is 66.9 Å². The van der Waals surface area contributed by atoms with Crippen molar-refractivity contribution in [3.05, 3.63) is 78.0 Å². The average Bonchev–Trinajstić information content (AvgIpc) is 2.94. The molecule has 2 heteroatoms. The van der Waals surface area contributed by atoms with Crippen LogP contribution in [0.5, 0.6) is 0 Å². The first-order chi connectivity index (χ1) is 9.75. The topological polar surface area (TPSA) is 12.5 Å². The fourth-order valence-corrected chi connectivity index (χ4v) is 2.44. The van der Waals surface area contributed by atoms with E-state index in [1.807, 2.05) is 24.3 Å². The van der Waals surface area contributed by atoms with Crippen LogP contribution in [0, 0.1) is 0 Å². The fraction of sp³-hybridized carbons (Fsp3) is 0.222. The van der Waals surface area contributed by atoms with Crippen molar-refractivity contribution in [2.24, 2.45) is 0 Å². The standard InChI is InChI=1S/C18H19NO/c1-14(2)19-13-17(15-9-5-3-6-10-15)20-18(19)16-11-7-4-8-12-16/h3-14,18H,1-2H3. The fourth-order valence-electron chi connectivity index (χ4n) is 2.44. The molecule has 2 nitrogen and oxygen atoms in total. The van der Waals surface area contributed by atoms with Gasteiger partial charge in [-0.2, -0.15) is 0 Å². The van der Waals surface area contributed by atoms with E-state index in [-0.39, 0.29) is 6.23 Å². The molecule has 0 saturated carbocycles. The summed E-state index contributed by atoms with van der Waals surface area (Å²) in [6.07, 6.45) is 2.09. The molecule has 2 aromatic carbocycles. The van der Waals surface area contributed by atoms with Crippen LogP contribution in [0.2, 0.25) is 0 Å². The monoisotopic (exact) mass is 265 g/mol. The van der Waals surface area contributed by atoms with E-state index >= 15 is 0 Å². The Labute approximate surface area is 120 Å². The third kappa shape index (κ3) is 2.42. The summed E-state index contributed by atoms with van der Waals surface area (Å²) in [5.74, 6) is 0.938. The molecule has 0 bridgehead atoms. The molecule has 1 aliphatic rings. The summed E-state index contributed by atoms with van der Waals surface area (Å²) < 4.78 is 6.19. The molecule has 1 unspecified atom stereocenters. The zero-order valence-corrected chi connectivity index (χ0v) is 11.9. The van der Waals surface area contributed by atoms with Crippen LogP contribution in [0.3, 0.4) is 0 Å². The van der Waals surface area contributed by atoms with Crippen molar-refractivity contribution in [2.45, 2.75) is 26.1 Å². The Morgan fingerprint density at radius 1 is 0.900 bits per heavy atom. The number of rotatable bonds is 3. The molecular formula is C18H19NO. The number of ether oxygens (including phenoxy) is 1. The van der Waals surface area contributed by atoms with Gasteiger partial charge in [0.25, 0.3) is 0 Å². The highest BCUT2D eigenvalue weighted by atomic mass is 16.5. The second-order valence-corrected chi connectivity index (χ2v) is 5.28. The van der Waals surface area contributed by atoms with E-state index in [0.29, 0.717) is 6.04 Å². The normalized spacial score (nSPS) is 18.1. The summed E-state index contributed by atoms with van der Waals surface area (Å²) in [6.45, 7) is 4.37. The van der Waals surface area contributed by atoms with Gasteiger partial charge < -0.3 is 9.64 Å². The predicted molar refractivity (Wildman–Crippen MR) is 81.7 cm³/mol. The maximum Gasteiger partial charge on any atom is 0.198 e. The second kappa shape index (κ2) is 5.41. The zero-order valence-electron chi connectivity index (χ0n) is 11.9. The number of benzene rings is 2. The highest BCUT2D eigenvalue weighted by Crippen LogP contribution is 2.37. The molecule has 0 aliphatic carbocycles. The smallest absolute Gasteiger partial charge is 0.198 e. The lowest BCUT2D eigenvalue weighted by atomic mass is 10.1. The highest BCUT2D eigenvalue weighted by molar-refractivity contribution is 5.61. The molecule has 1 heterocycles. The molecule has 2 aromatic rings. The molecule has 102 valence electrons. The van der Waals surface area contributed by atoms with Gasteiger partial charge in [0.1, 0.15) is 5.76 Å². The molecule has 0 fully saturated rings. The minimum Gasteiger partial charge on any atom is -0.464 e. The quantitative estimate of drug-likeness (QED) is 0.814. The Balaban J connectivity index is 1.92. The maximum atomic E-state index is 6.19. The van der Waals surface area contributed by atoms with Gasteiger partial charge in [0, 0.05) is 23.4 Å². The van der Waals surface area contributed by atoms with Gasteiger partial charge in [-0.05, 0) is 13.8 Å². The van der Waals surface area contributed by atoms with Gasteiger partial charge in [0.15, 0.2) is 6.23 Å². The Hall–Kier alpha value is -2.22.